The van der Waals surface area contributed by atoms with Crippen LogP contribution in [0.25, 0.3) is 0 Å². The normalized spacial score (nSPS) is 24.0. The molecule has 0 aromatic rings. The number of amides is 3. The number of nitrogens with zero attached hydrogens (tertiary/aromatic N) is 3. The Bertz CT molecular complexity index is 510. The van der Waals surface area contributed by atoms with Gasteiger partial charge in [0.15, 0.2) is 17.4 Å². The quantitative estimate of drug-likeness (QED) is 0.727. The molecule has 2 atom stereocenters. The monoisotopic (exact) mass is 328 g/mol. The number of esters is 1. The molecule has 22 heavy (non-hydrogen) atoms. The molecule has 1 saturated heterocycles. The summed E-state index contributed by atoms with van der Waals surface area (Å²) in [6.07, 6.45) is 0.283. The van der Waals surface area contributed by atoms with Gasteiger partial charge < -0.3 is 14.5 Å². The fourth-order valence-electron chi connectivity index (χ4n) is 2.42. The Morgan fingerprint density at radius 2 is 2.14 bits per heavy atom. The molecule has 9 heteroatoms. The molecule has 0 saturated carbocycles. The van der Waals surface area contributed by atoms with E-state index in [1.54, 1.807) is 14.0 Å². The maximum atomic E-state index is 12.1. The van der Waals surface area contributed by atoms with Crippen LogP contribution in [0.1, 0.15) is 20.3 Å². The van der Waals surface area contributed by atoms with E-state index in [1.807, 2.05) is 11.8 Å². The highest BCUT2D eigenvalue weighted by Crippen LogP contribution is 2.28. The number of carbonyl (C=O) groups is 3. The summed E-state index contributed by atoms with van der Waals surface area (Å²) < 4.78 is 4.90. The van der Waals surface area contributed by atoms with Crippen LogP contribution in [0.4, 0.5) is 4.79 Å². The summed E-state index contributed by atoms with van der Waals surface area (Å²) in [7, 11) is 1.60. The van der Waals surface area contributed by atoms with Gasteiger partial charge >= 0.3 is 12.0 Å². The molecule has 122 valence electrons. The standard InChI is InChI=1S/C13H20N4O4S/c1-4-6-17-9-10(16(3)12(20)15-11(9)19)14-13(17)22-7-8(18)21-5-2/h9-10H,4-7H2,1-3H3,(H,15,19,20). The van der Waals surface area contributed by atoms with E-state index >= 15 is 0 Å². The number of hydrogen-bond acceptors (Lipinski definition) is 7. The molecule has 2 aliphatic rings. The van der Waals surface area contributed by atoms with Crippen molar-refractivity contribution in [3.63, 3.8) is 0 Å². The number of imide groups is 1. The molecular formula is C13H20N4O4S. The molecular weight excluding hydrogens is 308 g/mol. The Kier molecular flexibility index (Phi) is 5.28. The highest BCUT2D eigenvalue weighted by Gasteiger charge is 2.48. The lowest BCUT2D eigenvalue weighted by atomic mass is 10.1. The number of fused-ring (bicyclic) bond motifs is 1. The number of amidine groups is 1. The first-order chi connectivity index (χ1) is 10.5. The van der Waals surface area contributed by atoms with Crippen molar-refractivity contribution in [2.24, 2.45) is 4.99 Å². The molecule has 1 N–H and O–H groups in total. The van der Waals surface area contributed by atoms with Crippen molar-refractivity contribution >= 4 is 34.8 Å². The first-order valence-corrected chi connectivity index (χ1v) is 8.18. The van der Waals surface area contributed by atoms with Crippen LogP contribution in [-0.2, 0) is 14.3 Å². The third kappa shape index (κ3) is 3.18. The molecule has 2 rings (SSSR count). The van der Waals surface area contributed by atoms with E-state index in [4.69, 9.17) is 4.74 Å². The average Bonchev–Trinajstić information content (AvgIpc) is 2.83. The van der Waals surface area contributed by atoms with Crippen LogP contribution >= 0.6 is 11.8 Å². The van der Waals surface area contributed by atoms with Crippen molar-refractivity contribution in [2.75, 3.05) is 26.0 Å². The van der Waals surface area contributed by atoms with Crippen molar-refractivity contribution < 1.29 is 19.1 Å². The van der Waals surface area contributed by atoms with Gasteiger partial charge in [0.2, 0.25) is 0 Å². The minimum atomic E-state index is -0.544. The fourth-order valence-corrected chi connectivity index (χ4v) is 3.31. The fraction of sp³-hybridized carbons (Fsp3) is 0.692. The molecule has 0 aromatic heterocycles. The van der Waals surface area contributed by atoms with Crippen molar-refractivity contribution in [1.82, 2.24) is 15.1 Å². The molecule has 0 radical (unpaired) electrons. The van der Waals surface area contributed by atoms with Gasteiger partial charge in [-0.1, -0.05) is 18.7 Å². The van der Waals surface area contributed by atoms with Gasteiger partial charge in [-0.2, -0.15) is 0 Å². The largest absolute Gasteiger partial charge is 0.465 e. The molecule has 2 unspecified atom stereocenters. The Hall–Kier alpha value is -1.77. The van der Waals surface area contributed by atoms with E-state index in [0.717, 1.165) is 6.42 Å². The van der Waals surface area contributed by atoms with Gasteiger partial charge in [0.1, 0.15) is 0 Å². The van der Waals surface area contributed by atoms with E-state index in [9.17, 15) is 14.4 Å². The van der Waals surface area contributed by atoms with Gasteiger partial charge in [-0.3, -0.25) is 14.9 Å². The second kappa shape index (κ2) is 6.99. The van der Waals surface area contributed by atoms with Crippen LogP contribution in [0.2, 0.25) is 0 Å². The average molecular weight is 328 g/mol. The lowest BCUT2D eigenvalue weighted by molar-refractivity contribution is -0.139. The number of thioether (sulfide) groups is 1. The Morgan fingerprint density at radius 3 is 2.77 bits per heavy atom. The zero-order valence-corrected chi connectivity index (χ0v) is 13.7. The molecule has 1 fully saturated rings. The van der Waals surface area contributed by atoms with Gasteiger partial charge in [-0.25, -0.2) is 9.79 Å². The first kappa shape index (κ1) is 16.6. The van der Waals surface area contributed by atoms with Crippen molar-refractivity contribution in [1.29, 1.82) is 0 Å². The van der Waals surface area contributed by atoms with Crippen LogP contribution in [0, 0.1) is 0 Å². The second-order valence-electron chi connectivity index (χ2n) is 4.96. The molecule has 3 amide bonds. The summed E-state index contributed by atoms with van der Waals surface area (Å²) >= 11 is 1.23. The number of rotatable bonds is 5. The number of nitrogens with one attached hydrogen (secondary N) is 1. The third-order valence-electron chi connectivity index (χ3n) is 3.41. The number of urea groups is 1. The minimum absolute atomic E-state index is 0.131. The van der Waals surface area contributed by atoms with Gasteiger partial charge in [0.05, 0.1) is 12.4 Å². The number of ether oxygens (including phenoxy) is 1. The van der Waals surface area contributed by atoms with E-state index in [-0.39, 0.29) is 17.6 Å². The topological polar surface area (TPSA) is 91.3 Å². The Morgan fingerprint density at radius 1 is 1.41 bits per heavy atom. The number of aliphatic imine (C=N–C) groups is 1. The van der Waals surface area contributed by atoms with Gasteiger partial charge in [-0.15, -0.1) is 0 Å². The zero-order valence-electron chi connectivity index (χ0n) is 12.9. The molecule has 0 aromatic carbocycles. The summed E-state index contributed by atoms with van der Waals surface area (Å²) in [6, 6.07) is -0.990. The van der Waals surface area contributed by atoms with Crippen LogP contribution in [0.3, 0.4) is 0 Å². The molecule has 8 nitrogen and oxygen atoms in total. The number of likely N-dealkylation sites (N-methyl/N-ethyl adjacent to an activating group) is 1. The van der Waals surface area contributed by atoms with Crippen LogP contribution in [0.5, 0.6) is 0 Å². The Balaban J connectivity index is 2.14. The number of carbonyl (C=O) groups excluding carboxylic acids is 3. The molecule has 2 aliphatic heterocycles. The first-order valence-electron chi connectivity index (χ1n) is 7.20. The lowest BCUT2D eigenvalue weighted by Gasteiger charge is -2.36. The molecule has 0 aliphatic carbocycles. The highest BCUT2D eigenvalue weighted by molar-refractivity contribution is 8.14. The summed E-state index contributed by atoms with van der Waals surface area (Å²) in [5.74, 6) is -0.543. The van der Waals surface area contributed by atoms with Crippen LogP contribution in [0.15, 0.2) is 4.99 Å². The maximum Gasteiger partial charge on any atom is 0.325 e. The Labute approximate surface area is 133 Å². The van der Waals surface area contributed by atoms with Crippen molar-refractivity contribution in [3.05, 3.63) is 0 Å². The molecule has 0 spiro atoms. The lowest BCUT2D eigenvalue weighted by Crippen LogP contribution is -2.63. The smallest absolute Gasteiger partial charge is 0.325 e. The van der Waals surface area contributed by atoms with Crippen molar-refractivity contribution in [2.45, 2.75) is 32.5 Å². The van der Waals surface area contributed by atoms with Gasteiger partial charge in [0, 0.05) is 13.6 Å². The summed E-state index contributed by atoms with van der Waals surface area (Å²) in [6.45, 7) is 4.70. The predicted octanol–water partition coefficient (Wildman–Crippen LogP) is 0.241. The highest BCUT2D eigenvalue weighted by atomic mass is 32.2. The molecule has 0 bridgehead atoms. The van der Waals surface area contributed by atoms with E-state index in [0.29, 0.717) is 18.3 Å². The summed E-state index contributed by atoms with van der Waals surface area (Å²) in [5.41, 5.74) is 0. The van der Waals surface area contributed by atoms with Gasteiger partial charge in [0.25, 0.3) is 5.91 Å². The van der Waals surface area contributed by atoms with Crippen LogP contribution < -0.4 is 5.32 Å². The number of hydrogen-bond donors (Lipinski definition) is 1. The van der Waals surface area contributed by atoms with E-state index in [1.165, 1.54) is 16.7 Å². The summed E-state index contributed by atoms with van der Waals surface area (Å²) in [4.78, 5) is 43.1. The van der Waals surface area contributed by atoms with E-state index in [2.05, 4.69) is 10.3 Å². The maximum absolute atomic E-state index is 12.1. The van der Waals surface area contributed by atoms with Crippen molar-refractivity contribution in [3.8, 4) is 0 Å². The van der Waals surface area contributed by atoms with Gasteiger partial charge in [-0.05, 0) is 13.3 Å². The second-order valence-corrected chi connectivity index (χ2v) is 5.91. The van der Waals surface area contributed by atoms with Crippen LogP contribution in [-0.4, -0.2) is 71.0 Å². The third-order valence-corrected chi connectivity index (χ3v) is 4.39. The predicted molar refractivity (Wildman–Crippen MR) is 82.4 cm³/mol. The minimum Gasteiger partial charge on any atom is -0.465 e. The molecule has 2 heterocycles. The SMILES string of the molecule is CCCN1C(SCC(=O)OCC)=NC2C1C(=O)NC(=O)N2C. The summed E-state index contributed by atoms with van der Waals surface area (Å²) in [5, 5.41) is 2.93. The zero-order chi connectivity index (χ0) is 16.3. The van der Waals surface area contributed by atoms with E-state index < -0.39 is 18.2 Å².